The lowest BCUT2D eigenvalue weighted by molar-refractivity contribution is -0.153. The molecule has 4 aliphatic rings. The van der Waals surface area contributed by atoms with Gasteiger partial charge in [-0.1, -0.05) is 75.2 Å². The fourth-order valence-corrected chi connectivity index (χ4v) is 8.07. The number of ketones is 1. The van der Waals surface area contributed by atoms with E-state index >= 15 is 0 Å². The molecule has 0 heterocycles. The lowest BCUT2D eigenvalue weighted by atomic mass is 9.45. The van der Waals surface area contributed by atoms with Crippen LogP contribution in [0.1, 0.15) is 127 Å². The Morgan fingerprint density at radius 2 is 1.55 bits per heavy atom. The summed E-state index contributed by atoms with van der Waals surface area (Å²) in [5, 5.41) is 0. The average molecular weight is 407 g/mol. The van der Waals surface area contributed by atoms with E-state index in [4.69, 9.17) is 0 Å². The normalized spacial score (nSPS) is 43.0. The number of carbonyl (C=O) groups is 1. The van der Waals surface area contributed by atoms with Crippen LogP contribution in [-0.4, -0.2) is 5.78 Å². The van der Waals surface area contributed by atoms with Crippen LogP contribution in [-0.2, 0) is 4.79 Å². The van der Waals surface area contributed by atoms with Gasteiger partial charge in [-0.15, -0.1) is 0 Å². The fraction of sp³-hybridized carbons (Fsp3) is 0.964. The van der Waals surface area contributed by atoms with Crippen molar-refractivity contribution in [3.8, 4) is 0 Å². The molecule has 0 radical (unpaired) electrons. The van der Waals surface area contributed by atoms with Gasteiger partial charge in [0.2, 0.25) is 0 Å². The molecule has 0 aromatic heterocycles. The minimum atomic E-state index is 0. The molecule has 0 bridgehead atoms. The van der Waals surface area contributed by atoms with Crippen LogP contribution >= 0.6 is 0 Å². The Balaban J connectivity index is 0.000000794. The van der Waals surface area contributed by atoms with E-state index in [2.05, 4.69) is 20.8 Å². The minimum Gasteiger partial charge on any atom is -0.299 e. The second-order valence-electron chi connectivity index (χ2n) is 10.2. The molecular weight excluding hydrogens is 352 g/mol. The van der Waals surface area contributed by atoms with Gasteiger partial charge in [-0.2, -0.15) is 0 Å². The van der Waals surface area contributed by atoms with E-state index in [-0.39, 0.29) is 12.8 Å². The van der Waals surface area contributed by atoms with Crippen LogP contribution in [0.4, 0.5) is 0 Å². The van der Waals surface area contributed by atoms with Crippen molar-refractivity contribution in [3.63, 3.8) is 0 Å². The smallest absolute Gasteiger partial charge is 0.139 e. The molecule has 1 heteroatoms. The molecule has 0 spiro atoms. The fourth-order valence-electron chi connectivity index (χ4n) is 8.07. The highest BCUT2D eigenvalue weighted by atomic mass is 16.1. The first-order valence-electron chi connectivity index (χ1n) is 13.1. The van der Waals surface area contributed by atoms with Crippen molar-refractivity contribution in [1.29, 1.82) is 0 Å². The molecule has 0 aromatic rings. The Kier molecular flexibility index (Phi) is 11.0. The summed E-state index contributed by atoms with van der Waals surface area (Å²) in [5.74, 6) is 6.96. The number of hydrogen-bond acceptors (Lipinski definition) is 1. The zero-order chi connectivity index (χ0) is 20.9. The number of fused-ring (bicyclic) bond motifs is 5. The van der Waals surface area contributed by atoms with E-state index in [0.717, 1.165) is 48.3 Å². The summed E-state index contributed by atoms with van der Waals surface area (Å²) in [7, 11) is 0. The molecule has 29 heavy (non-hydrogen) atoms. The summed E-state index contributed by atoms with van der Waals surface area (Å²) in [6.45, 7) is 15.2. The van der Waals surface area contributed by atoms with Crippen molar-refractivity contribution >= 4 is 5.78 Å². The Morgan fingerprint density at radius 1 is 0.897 bits per heavy atom. The van der Waals surface area contributed by atoms with Crippen molar-refractivity contribution in [2.24, 2.45) is 46.8 Å². The molecule has 4 rings (SSSR count). The van der Waals surface area contributed by atoms with Gasteiger partial charge in [0.15, 0.2) is 0 Å². The van der Waals surface area contributed by atoms with Crippen molar-refractivity contribution < 1.29 is 4.79 Å². The van der Waals surface area contributed by atoms with Gasteiger partial charge in [-0.3, -0.25) is 4.79 Å². The highest BCUT2D eigenvalue weighted by molar-refractivity contribution is 5.85. The van der Waals surface area contributed by atoms with Crippen LogP contribution in [0.3, 0.4) is 0 Å². The molecule has 0 aromatic carbocycles. The molecule has 0 aliphatic heterocycles. The maximum Gasteiger partial charge on any atom is 0.139 e. The van der Waals surface area contributed by atoms with E-state index in [0.29, 0.717) is 11.7 Å². The summed E-state index contributed by atoms with van der Waals surface area (Å²) in [4.78, 5) is 12.8. The van der Waals surface area contributed by atoms with Crippen molar-refractivity contribution in [2.75, 3.05) is 0 Å². The monoisotopic (exact) mass is 406 g/mol. The summed E-state index contributed by atoms with van der Waals surface area (Å²) < 4.78 is 0. The predicted octanol–water partition coefficient (Wildman–Crippen LogP) is 8.95. The molecule has 4 saturated carbocycles. The average Bonchev–Trinajstić information content (AvgIpc) is 2.73. The van der Waals surface area contributed by atoms with E-state index in [1.807, 2.05) is 27.7 Å². The van der Waals surface area contributed by atoms with Crippen molar-refractivity contribution in [2.45, 2.75) is 127 Å². The Hall–Kier alpha value is -0.330. The van der Waals surface area contributed by atoms with Crippen LogP contribution in [0.25, 0.3) is 0 Å². The minimum absolute atomic E-state index is 0. The van der Waals surface area contributed by atoms with Gasteiger partial charge >= 0.3 is 0 Å². The molecule has 4 aliphatic carbocycles. The molecule has 1 nitrogen and oxygen atoms in total. The molecule has 0 saturated heterocycles. The van der Waals surface area contributed by atoms with E-state index < -0.39 is 0 Å². The van der Waals surface area contributed by atoms with E-state index in [1.165, 1.54) is 57.8 Å². The molecule has 8 unspecified atom stereocenters. The SMILES string of the molecule is C.CC.CC.CCCC1CCC2C(CCC3C2CCC2(C)C(=O)CCC(C)C32)C1. The predicted molar refractivity (Wildman–Crippen MR) is 129 cm³/mol. The summed E-state index contributed by atoms with van der Waals surface area (Å²) in [5.41, 5.74) is 0.0328. The van der Waals surface area contributed by atoms with Crippen molar-refractivity contribution in [3.05, 3.63) is 0 Å². The van der Waals surface area contributed by atoms with Crippen LogP contribution in [0.15, 0.2) is 0 Å². The van der Waals surface area contributed by atoms with Gasteiger partial charge in [0, 0.05) is 11.8 Å². The third-order valence-electron chi connectivity index (χ3n) is 9.09. The first-order chi connectivity index (χ1) is 13.5. The maximum absolute atomic E-state index is 12.8. The third kappa shape index (κ3) is 5.12. The van der Waals surface area contributed by atoms with Gasteiger partial charge < -0.3 is 0 Å². The molecule has 0 amide bonds. The van der Waals surface area contributed by atoms with Gasteiger partial charge in [0.25, 0.3) is 0 Å². The second kappa shape index (κ2) is 11.9. The van der Waals surface area contributed by atoms with Gasteiger partial charge in [0.1, 0.15) is 5.78 Å². The molecule has 4 fully saturated rings. The number of Topliss-reactive ketones (excluding diaryl/α,β-unsaturated/α-hetero) is 1. The van der Waals surface area contributed by atoms with E-state index in [1.54, 1.807) is 0 Å². The first-order valence-corrected chi connectivity index (χ1v) is 13.1. The number of hydrogen-bond donors (Lipinski definition) is 0. The van der Waals surface area contributed by atoms with Gasteiger partial charge in [-0.05, 0) is 86.4 Å². The Bertz CT molecular complexity index is 483. The third-order valence-corrected chi connectivity index (χ3v) is 9.09. The Labute approximate surface area is 184 Å². The lowest BCUT2D eigenvalue weighted by Gasteiger charge is -2.59. The molecule has 8 atom stereocenters. The second-order valence-corrected chi connectivity index (χ2v) is 10.2. The lowest BCUT2D eigenvalue weighted by Crippen LogP contribution is -2.55. The Morgan fingerprint density at radius 3 is 2.21 bits per heavy atom. The summed E-state index contributed by atoms with van der Waals surface area (Å²) >= 11 is 0. The quantitative estimate of drug-likeness (QED) is 0.447. The summed E-state index contributed by atoms with van der Waals surface area (Å²) in [6, 6.07) is 0. The number of rotatable bonds is 2. The standard InChI is InChI=1S/C23H38O.2C2H6.CH4/c1-4-5-16-7-9-18-17(14-16)8-10-20-19(18)12-13-23(3)21(24)11-6-15(2)22(20)23;2*1-2;/h15-20,22H,4-14H2,1-3H3;2*1-2H3;1H4. The van der Waals surface area contributed by atoms with Gasteiger partial charge in [0.05, 0.1) is 0 Å². The van der Waals surface area contributed by atoms with Crippen LogP contribution in [0.5, 0.6) is 0 Å². The van der Waals surface area contributed by atoms with Gasteiger partial charge in [-0.25, -0.2) is 0 Å². The van der Waals surface area contributed by atoms with E-state index in [9.17, 15) is 4.79 Å². The van der Waals surface area contributed by atoms with Crippen molar-refractivity contribution in [1.82, 2.24) is 0 Å². The maximum atomic E-state index is 12.8. The molecule has 172 valence electrons. The van der Waals surface area contributed by atoms with Crippen LogP contribution in [0.2, 0.25) is 0 Å². The highest BCUT2D eigenvalue weighted by Crippen LogP contribution is 2.62. The summed E-state index contributed by atoms with van der Waals surface area (Å²) in [6.07, 6.45) is 14.8. The van der Waals surface area contributed by atoms with Crippen LogP contribution in [0, 0.1) is 46.8 Å². The molecular formula is C28H54O. The molecule has 0 N–H and O–H groups in total. The number of carbonyl (C=O) groups excluding carboxylic acids is 1. The topological polar surface area (TPSA) is 17.1 Å². The zero-order valence-electron chi connectivity index (χ0n) is 20.2. The zero-order valence-corrected chi connectivity index (χ0v) is 20.2. The highest BCUT2D eigenvalue weighted by Gasteiger charge is 2.57. The van der Waals surface area contributed by atoms with Crippen LogP contribution < -0.4 is 0 Å². The first kappa shape index (κ1) is 26.7. The largest absolute Gasteiger partial charge is 0.299 e.